The van der Waals surface area contributed by atoms with Crippen LogP contribution >= 0.6 is 0 Å². The van der Waals surface area contributed by atoms with Crippen molar-refractivity contribution in [3.8, 4) is 0 Å². The second-order valence-corrected chi connectivity index (χ2v) is 6.53. The molecule has 0 aromatic carbocycles. The standard InChI is InChI=1S/C15H22N2O7/c1-7(2)6-8(16-12(18)10-11(24-10)15(22)23)13(19)17-5-3-4-9(17)14(20)21/h7-11H,3-6H2,1-2H3,(H,16,18)(H,20,21)(H,22,23)/t8-,9-,10-,11-/m0/s1. The van der Waals surface area contributed by atoms with E-state index in [4.69, 9.17) is 9.84 Å². The highest BCUT2D eigenvalue weighted by molar-refractivity contribution is 5.96. The van der Waals surface area contributed by atoms with E-state index < -0.39 is 48.0 Å². The number of nitrogens with zero attached hydrogens (tertiary/aromatic N) is 1. The van der Waals surface area contributed by atoms with Crippen molar-refractivity contribution in [2.24, 2.45) is 5.92 Å². The van der Waals surface area contributed by atoms with Crippen molar-refractivity contribution in [3.05, 3.63) is 0 Å². The number of aliphatic carboxylic acids is 2. The maximum atomic E-state index is 12.7. The molecule has 9 heteroatoms. The van der Waals surface area contributed by atoms with Crippen molar-refractivity contribution in [1.82, 2.24) is 10.2 Å². The number of epoxide rings is 1. The Morgan fingerprint density at radius 3 is 2.33 bits per heavy atom. The fourth-order valence-corrected chi connectivity index (χ4v) is 2.93. The molecule has 0 aromatic heterocycles. The van der Waals surface area contributed by atoms with Gasteiger partial charge in [0.05, 0.1) is 0 Å². The van der Waals surface area contributed by atoms with Gasteiger partial charge in [-0.15, -0.1) is 0 Å². The molecular weight excluding hydrogens is 320 g/mol. The Morgan fingerprint density at radius 1 is 1.17 bits per heavy atom. The smallest absolute Gasteiger partial charge is 0.336 e. The lowest BCUT2D eigenvalue weighted by molar-refractivity contribution is -0.149. The van der Waals surface area contributed by atoms with E-state index in [0.29, 0.717) is 25.8 Å². The fraction of sp³-hybridized carbons (Fsp3) is 0.733. The Labute approximate surface area is 138 Å². The molecule has 0 bridgehead atoms. The summed E-state index contributed by atoms with van der Waals surface area (Å²) in [5.41, 5.74) is 0. The summed E-state index contributed by atoms with van der Waals surface area (Å²) in [6.07, 6.45) is -0.969. The van der Waals surface area contributed by atoms with Crippen molar-refractivity contribution >= 4 is 23.8 Å². The molecule has 2 saturated heterocycles. The predicted molar refractivity (Wildman–Crippen MR) is 80.1 cm³/mol. The first kappa shape index (κ1) is 18.2. The van der Waals surface area contributed by atoms with Gasteiger partial charge in [-0.05, 0) is 25.2 Å². The molecule has 2 fully saturated rings. The van der Waals surface area contributed by atoms with E-state index in [9.17, 15) is 24.3 Å². The maximum absolute atomic E-state index is 12.7. The second kappa shape index (κ2) is 7.16. The van der Waals surface area contributed by atoms with E-state index in [1.165, 1.54) is 4.90 Å². The third-order valence-electron chi connectivity index (χ3n) is 4.14. The molecule has 3 N–H and O–H groups in total. The minimum Gasteiger partial charge on any atom is -0.480 e. The van der Waals surface area contributed by atoms with Gasteiger partial charge in [0.2, 0.25) is 5.91 Å². The number of amides is 2. The molecule has 2 aliphatic rings. The van der Waals surface area contributed by atoms with Crippen molar-refractivity contribution in [2.75, 3.05) is 6.54 Å². The van der Waals surface area contributed by atoms with Gasteiger partial charge in [-0.3, -0.25) is 9.59 Å². The first-order chi connectivity index (χ1) is 11.2. The number of carbonyl (C=O) groups is 4. The number of likely N-dealkylation sites (tertiary alicyclic amines) is 1. The van der Waals surface area contributed by atoms with Gasteiger partial charge in [0.25, 0.3) is 5.91 Å². The van der Waals surface area contributed by atoms with E-state index in [0.717, 1.165) is 0 Å². The number of nitrogens with one attached hydrogen (secondary N) is 1. The highest BCUT2D eigenvalue weighted by atomic mass is 16.6. The largest absolute Gasteiger partial charge is 0.480 e. The lowest BCUT2D eigenvalue weighted by atomic mass is 10.0. The topological polar surface area (TPSA) is 137 Å². The van der Waals surface area contributed by atoms with E-state index in [-0.39, 0.29) is 5.92 Å². The Hall–Kier alpha value is -2.16. The van der Waals surface area contributed by atoms with Gasteiger partial charge < -0.3 is 25.2 Å². The van der Waals surface area contributed by atoms with Crippen LogP contribution in [0.4, 0.5) is 0 Å². The number of carbonyl (C=O) groups excluding carboxylic acids is 2. The number of rotatable bonds is 7. The first-order valence-corrected chi connectivity index (χ1v) is 7.94. The Bertz CT molecular complexity index is 548. The van der Waals surface area contributed by atoms with Crippen LogP contribution in [0.15, 0.2) is 0 Å². The molecular formula is C15H22N2O7. The van der Waals surface area contributed by atoms with Crippen LogP contribution in [0.25, 0.3) is 0 Å². The third kappa shape index (κ3) is 4.02. The molecule has 2 rings (SSSR count). The highest BCUT2D eigenvalue weighted by Crippen LogP contribution is 2.24. The van der Waals surface area contributed by atoms with Crippen molar-refractivity contribution in [3.63, 3.8) is 0 Å². The first-order valence-electron chi connectivity index (χ1n) is 7.94. The molecule has 0 unspecified atom stereocenters. The number of carboxylic acids is 2. The molecule has 4 atom stereocenters. The second-order valence-electron chi connectivity index (χ2n) is 6.53. The maximum Gasteiger partial charge on any atom is 0.336 e. The zero-order valence-electron chi connectivity index (χ0n) is 13.6. The molecule has 134 valence electrons. The molecule has 0 aliphatic carbocycles. The number of ether oxygens (including phenoxy) is 1. The molecule has 2 amide bonds. The van der Waals surface area contributed by atoms with Crippen molar-refractivity contribution in [1.29, 1.82) is 0 Å². The lowest BCUT2D eigenvalue weighted by Crippen LogP contribution is -2.53. The Morgan fingerprint density at radius 2 is 1.83 bits per heavy atom. The SMILES string of the molecule is CC(C)C[C@H](NC(=O)[C@H]1O[C@@H]1C(=O)O)C(=O)N1CCC[C@H]1C(=O)O. The van der Waals surface area contributed by atoms with E-state index >= 15 is 0 Å². The minimum atomic E-state index is -1.23. The molecule has 0 radical (unpaired) electrons. The molecule has 24 heavy (non-hydrogen) atoms. The van der Waals surface area contributed by atoms with Gasteiger partial charge in [0.15, 0.2) is 12.2 Å². The van der Waals surface area contributed by atoms with Crippen LogP contribution in [0.5, 0.6) is 0 Å². The van der Waals surface area contributed by atoms with Crippen LogP contribution in [-0.2, 0) is 23.9 Å². The normalized spacial score (nSPS) is 27.0. The van der Waals surface area contributed by atoms with Gasteiger partial charge in [-0.25, -0.2) is 9.59 Å². The molecule has 0 saturated carbocycles. The molecule has 0 aromatic rings. The number of carboxylic acid groups (broad SMARTS) is 2. The summed E-state index contributed by atoms with van der Waals surface area (Å²) in [5.74, 6) is -3.32. The van der Waals surface area contributed by atoms with Crippen LogP contribution < -0.4 is 5.32 Å². The van der Waals surface area contributed by atoms with Crippen LogP contribution in [0.2, 0.25) is 0 Å². The summed E-state index contributed by atoms with van der Waals surface area (Å²) in [6.45, 7) is 4.08. The summed E-state index contributed by atoms with van der Waals surface area (Å²) in [6, 6.07) is -1.77. The van der Waals surface area contributed by atoms with Crippen molar-refractivity contribution < 1.29 is 34.1 Å². The van der Waals surface area contributed by atoms with Crippen LogP contribution in [0.3, 0.4) is 0 Å². The van der Waals surface area contributed by atoms with Crippen LogP contribution in [0, 0.1) is 5.92 Å². The summed E-state index contributed by atoms with van der Waals surface area (Å²) in [5, 5.41) is 20.5. The summed E-state index contributed by atoms with van der Waals surface area (Å²) >= 11 is 0. The quantitative estimate of drug-likeness (QED) is 0.528. The molecule has 9 nitrogen and oxygen atoms in total. The van der Waals surface area contributed by atoms with Gasteiger partial charge >= 0.3 is 11.9 Å². The highest BCUT2D eigenvalue weighted by Gasteiger charge is 2.51. The average molecular weight is 342 g/mol. The zero-order valence-corrected chi connectivity index (χ0v) is 13.6. The number of hydrogen-bond acceptors (Lipinski definition) is 5. The van der Waals surface area contributed by atoms with E-state index in [2.05, 4.69) is 5.32 Å². The molecule has 2 heterocycles. The zero-order chi connectivity index (χ0) is 18.0. The van der Waals surface area contributed by atoms with Gasteiger partial charge in [-0.2, -0.15) is 0 Å². The Kier molecular flexibility index (Phi) is 5.43. The van der Waals surface area contributed by atoms with Crippen LogP contribution in [0.1, 0.15) is 33.1 Å². The van der Waals surface area contributed by atoms with Gasteiger partial charge in [-0.1, -0.05) is 13.8 Å². The van der Waals surface area contributed by atoms with Gasteiger partial charge in [0.1, 0.15) is 12.1 Å². The number of hydrogen-bond donors (Lipinski definition) is 3. The molecule has 0 spiro atoms. The fourth-order valence-electron chi connectivity index (χ4n) is 2.93. The average Bonchev–Trinajstić information content (AvgIpc) is 3.14. The Balaban J connectivity index is 2.05. The van der Waals surface area contributed by atoms with E-state index in [1.54, 1.807) is 0 Å². The predicted octanol–water partition coefficient (Wildman–Crippen LogP) is -0.555. The van der Waals surface area contributed by atoms with E-state index in [1.807, 2.05) is 13.8 Å². The monoisotopic (exact) mass is 342 g/mol. The minimum absolute atomic E-state index is 0.0838. The summed E-state index contributed by atoms with van der Waals surface area (Å²) < 4.78 is 4.78. The third-order valence-corrected chi connectivity index (χ3v) is 4.14. The summed E-state index contributed by atoms with van der Waals surface area (Å²) in [7, 11) is 0. The lowest BCUT2D eigenvalue weighted by Gasteiger charge is -2.28. The van der Waals surface area contributed by atoms with Gasteiger partial charge in [0, 0.05) is 6.54 Å². The van der Waals surface area contributed by atoms with Crippen molar-refractivity contribution in [2.45, 2.75) is 57.4 Å². The molecule has 2 aliphatic heterocycles. The van der Waals surface area contributed by atoms with Crippen LogP contribution in [-0.4, -0.2) is 69.7 Å². The summed E-state index contributed by atoms with van der Waals surface area (Å²) in [4.78, 5) is 48.0.